The third-order valence-electron chi connectivity index (χ3n) is 4.68. The molecule has 0 bridgehead atoms. The van der Waals surface area contributed by atoms with Crippen molar-refractivity contribution in [3.8, 4) is 0 Å². The van der Waals surface area contributed by atoms with Gasteiger partial charge in [-0.25, -0.2) is 0 Å². The quantitative estimate of drug-likeness (QED) is 0.672. The van der Waals surface area contributed by atoms with Crippen molar-refractivity contribution in [3.05, 3.63) is 64.7 Å². The monoisotopic (exact) mass is 454 g/mol. The lowest BCUT2D eigenvalue weighted by molar-refractivity contribution is -0.151. The Bertz CT molecular complexity index is 982. The SMILES string of the molecule is O=C(COC(=O)C1CC(=O)N(Cc2ccccc2)C1)Nc1cc(C(F)(F)F)ccc1Cl. The number of carbonyl (C=O) groups is 3. The molecular weight excluding hydrogens is 437 g/mol. The predicted molar refractivity (Wildman–Crippen MR) is 106 cm³/mol. The lowest BCUT2D eigenvalue weighted by Gasteiger charge is -2.16. The molecule has 1 saturated heterocycles. The van der Waals surface area contributed by atoms with Gasteiger partial charge in [-0.15, -0.1) is 0 Å². The van der Waals surface area contributed by atoms with Crippen LogP contribution >= 0.6 is 11.6 Å². The zero-order valence-electron chi connectivity index (χ0n) is 16.1. The number of nitrogens with zero attached hydrogens (tertiary/aromatic N) is 1. The molecule has 0 saturated carbocycles. The molecule has 1 aliphatic rings. The van der Waals surface area contributed by atoms with Crippen LogP contribution in [0.25, 0.3) is 0 Å². The van der Waals surface area contributed by atoms with Crippen molar-refractivity contribution in [2.75, 3.05) is 18.5 Å². The van der Waals surface area contributed by atoms with E-state index in [2.05, 4.69) is 5.32 Å². The number of carbonyl (C=O) groups excluding carboxylic acids is 3. The molecular formula is C21H18ClF3N2O4. The molecule has 0 aliphatic carbocycles. The normalized spacial score (nSPS) is 16.3. The average molecular weight is 455 g/mol. The van der Waals surface area contributed by atoms with Gasteiger partial charge in [0.2, 0.25) is 5.91 Å². The van der Waals surface area contributed by atoms with Gasteiger partial charge in [-0.2, -0.15) is 13.2 Å². The third-order valence-corrected chi connectivity index (χ3v) is 5.01. The number of likely N-dealkylation sites (tertiary alicyclic amines) is 1. The van der Waals surface area contributed by atoms with Crippen LogP contribution in [0.4, 0.5) is 18.9 Å². The van der Waals surface area contributed by atoms with Crippen molar-refractivity contribution in [2.45, 2.75) is 19.1 Å². The van der Waals surface area contributed by atoms with Gasteiger partial charge < -0.3 is 15.0 Å². The smallest absolute Gasteiger partial charge is 0.416 e. The minimum absolute atomic E-state index is 0.0350. The second-order valence-corrected chi connectivity index (χ2v) is 7.42. The summed E-state index contributed by atoms with van der Waals surface area (Å²) in [6, 6.07) is 11.8. The molecule has 1 unspecified atom stereocenters. The number of hydrogen-bond acceptors (Lipinski definition) is 4. The molecule has 1 atom stereocenters. The van der Waals surface area contributed by atoms with Crippen molar-refractivity contribution in [1.82, 2.24) is 4.90 Å². The Morgan fingerprint density at radius 1 is 1.16 bits per heavy atom. The van der Waals surface area contributed by atoms with Crippen molar-refractivity contribution in [2.24, 2.45) is 5.92 Å². The molecule has 0 radical (unpaired) electrons. The summed E-state index contributed by atoms with van der Waals surface area (Å²) < 4.78 is 43.4. The van der Waals surface area contributed by atoms with Gasteiger partial charge in [0.25, 0.3) is 5.91 Å². The Morgan fingerprint density at radius 3 is 2.55 bits per heavy atom. The van der Waals surface area contributed by atoms with Gasteiger partial charge in [0.1, 0.15) is 0 Å². The first kappa shape index (κ1) is 22.6. The first-order valence-electron chi connectivity index (χ1n) is 9.28. The summed E-state index contributed by atoms with van der Waals surface area (Å²) in [5, 5.41) is 2.10. The number of ether oxygens (including phenoxy) is 1. The minimum atomic E-state index is -4.60. The lowest BCUT2D eigenvalue weighted by atomic mass is 10.1. The number of anilines is 1. The Hall–Kier alpha value is -3.07. The van der Waals surface area contributed by atoms with E-state index in [0.29, 0.717) is 12.6 Å². The largest absolute Gasteiger partial charge is 0.455 e. The molecule has 164 valence electrons. The fraction of sp³-hybridized carbons (Fsp3) is 0.286. The van der Waals surface area contributed by atoms with E-state index in [1.165, 1.54) is 4.90 Å². The molecule has 1 N–H and O–H groups in total. The van der Waals surface area contributed by atoms with E-state index in [-0.39, 0.29) is 29.6 Å². The molecule has 2 amide bonds. The molecule has 2 aromatic rings. The zero-order chi connectivity index (χ0) is 22.6. The molecule has 1 aliphatic heterocycles. The molecule has 1 heterocycles. The van der Waals surface area contributed by atoms with Crippen LogP contribution in [0.1, 0.15) is 17.5 Å². The Kier molecular flexibility index (Phi) is 6.84. The fourth-order valence-corrected chi connectivity index (χ4v) is 3.29. The second-order valence-electron chi connectivity index (χ2n) is 7.01. The van der Waals surface area contributed by atoms with Crippen molar-refractivity contribution >= 4 is 35.1 Å². The van der Waals surface area contributed by atoms with E-state index >= 15 is 0 Å². The van der Waals surface area contributed by atoms with Gasteiger partial charge in [0.05, 0.1) is 22.2 Å². The van der Waals surface area contributed by atoms with Crippen LogP contribution in [0, 0.1) is 5.92 Å². The number of rotatable bonds is 6. The van der Waals surface area contributed by atoms with Gasteiger partial charge in [-0.3, -0.25) is 14.4 Å². The standard InChI is InChI=1S/C21H18ClF3N2O4/c22-16-7-6-15(21(23,24)25)9-17(16)26-18(28)12-31-20(30)14-8-19(29)27(11-14)10-13-4-2-1-3-5-13/h1-7,9,14H,8,10-12H2,(H,26,28). The van der Waals surface area contributed by atoms with Crippen molar-refractivity contribution < 1.29 is 32.3 Å². The van der Waals surface area contributed by atoms with Gasteiger partial charge in [-0.1, -0.05) is 41.9 Å². The summed E-state index contributed by atoms with van der Waals surface area (Å²) in [5.41, 5.74) is -0.308. The van der Waals surface area contributed by atoms with Gasteiger partial charge >= 0.3 is 12.1 Å². The van der Waals surface area contributed by atoms with Gasteiger partial charge in [0.15, 0.2) is 6.61 Å². The van der Waals surface area contributed by atoms with Crippen LogP contribution in [0.15, 0.2) is 48.5 Å². The first-order chi connectivity index (χ1) is 14.6. The lowest BCUT2D eigenvalue weighted by Crippen LogP contribution is -2.28. The van der Waals surface area contributed by atoms with Crippen molar-refractivity contribution in [3.63, 3.8) is 0 Å². The highest BCUT2D eigenvalue weighted by Crippen LogP contribution is 2.33. The average Bonchev–Trinajstić information content (AvgIpc) is 3.08. The Morgan fingerprint density at radius 2 is 1.87 bits per heavy atom. The number of alkyl halides is 3. The van der Waals surface area contributed by atoms with Crippen LogP contribution in [0.5, 0.6) is 0 Å². The maximum Gasteiger partial charge on any atom is 0.416 e. The highest BCUT2D eigenvalue weighted by atomic mass is 35.5. The van der Waals surface area contributed by atoms with E-state index in [9.17, 15) is 27.6 Å². The maximum absolute atomic E-state index is 12.8. The highest BCUT2D eigenvalue weighted by Gasteiger charge is 2.35. The summed E-state index contributed by atoms with van der Waals surface area (Å²) in [5.74, 6) is -2.50. The number of amides is 2. The molecule has 0 aromatic heterocycles. The number of hydrogen-bond donors (Lipinski definition) is 1. The summed E-state index contributed by atoms with van der Waals surface area (Å²) in [6.45, 7) is -0.194. The van der Waals surface area contributed by atoms with Crippen LogP contribution in [0.3, 0.4) is 0 Å². The van der Waals surface area contributed by atoms with Crippen LogP contribution in [0.2, 0.25) is 5.02 Å². The number of nitrogens with one attached hydrogen (secondary N) is 1. The fourth-order valence-electron chi connectivity index (χ4n) is 3.12. The predicted octanol–water partition coefficient (Wildman–Crippen LogP) is 3.89. The Balaban J connectivity index is 1.52. The first-order valence-corrected chi connectivity index (χ1v) is 9.66. The zero-order valence-corrected chi connectivity index (χ0v) is 16.9. The number of benzene rings is 2. The maximum atomic E-state index is 12.8. The van der Waals surface area contributed by atoms with Gasteiger partial charge in [0, 0.05) is 19.5 Å². The molecule has 1 fully saturated rings. The van der Waals surface area contributed by atoms with Crippen LogP contribution in [-0.4, -0.2) is 35.8 Å². The van der Waals surface area contributed by atoms with Crippen molar-refractivity contribution in [1.29, 1.82) is 0 Å². The topological polar surface area (TPSA) is 75.7 Å². The molecule has 3 rings (SSSR count). The third kappa shape index (κ3) is 5.97. The van der Waals surface area contributed by atoms with E-state index in [4.69, 9.17) is 16.3 Å². The number of halogens is 4. The van der Waals surface area contributed by atoms with Gasteiger partial charge in [-0.05, 0) is 23.8 Å². The summed E-state index contributed by atoms with van der Waals surface area (Å²) in [7, 11) is 0. The second kappa shape index (κ2) is 9.38. The number of esters is 1. The van der Waals surface area contributed by atoms with Crippen LogP contribution < -0.4 is 5.32 Å². The summed E-state index contributed by atoms with van der Waals surface area (Å²) in [6.07, 6.45) is -4.64. The highest BCUT2D eigenvalue weighted by molar-refractivity contribution is 6.33. The minimum Gasteiger partial charge on any atom is -0.455 e. The van der Waals surface area contributed by atoms with E-state index in [1.807, 2.05) is 30.3 Å². The molecule has 0 spiro atoms. The molecule has 10 heteroatoms. The van der Waals surface area contributed by atoms with E-state index in [0.717, 1.165) is 17.7 Å². The van der Waals surface area contributed by atoms with E-state index < -0.39 is 36.1 Å². The molecule has 31 heavy (non-hydrogen) atoms. The Labute approximate surface area is 180 Å². The van der Waals surface area contributed by atoms with Crippen LogP contribution in [-0.2, 0) is 31.8 Å². The summed E-state index contributed by atoms with van der Waals surface area (Å²) >= 11 is 5.82. The summed E-state index contributed by atoms with van der Waals surface area (Å²) in [4.78, 5) is 37.9. The molecule has 6 nitrogen and oxygen atoms in total. The molecule has 2 aromatic carbocycles. The van der Waals surface area contributed by atoms with E-state index in [1.54, 1.807) is 0 Å².